The van der Waals surface area contributed by atoms with Crippen LogP contribution in [0.4, 0.5) is 5.82 Å². The minimum Gasteiger partial charge on any atom is -0.507 e. The van der Waals surface area contributed by atoms with Gasteiger partial charge in [-0.2, -0.15) is 0 Å². The van der Waals surface area contributed by atoms with Gasteiger partial charge in [0.15, 0.2) is 5.82 Å². The van der Waals surface area contributed by atoms with Crippen molar-refractivity contribution in [2.24, 2.45) is 0 Å². The summed E-state index contributed by atoms with van der Waals surface area (Å²) in [5.41, 5.74) is 3.94. The number of rotatable bonds is 3. The maximum atomic E-state index is 13.0. The van der Waals surface area contributed by atoms with Crippen LogP contribution in [0.2, 0.25) is 0 Å². The molecule has 0 atom stereocenters. The number of phenolic OH excluding ortho intramolecular Hbond substituents is 1. The molecule has 0 spiro atoms. The van der Waals surface area contributed by atoms with Gasteiger partial charge >= 0.3 is 0 Å². The molecule has 1 aliphatic heterocycles. The van der Waals surface area contributed by atoms with Crippen LogP contribution in [-0.2, 0) is 13.0 Å². The number of phenols is 1. The Balaban J connectivity index is 1.71. The fourth-order valence-corrected chi connectivity index (χ4v) is 3.57. The number of nitrogens with zero attached hydrogens (tertiary/aromatic N) is 5. The molecule has 3 aromatic rings. The topological polar surface area (TPSA) is 82.5 Å². The van der Waals surface area contributed by atoms with E-state index in [1.807, 2.05) is 44.1 Å². The molecule has 1 aliphatic rings. The molecule has 0 radical (unpaired) electrons. The molecular weight excluding hydrogens is 366 g/mol. The van der Waals surface area contributed by atoms with Crippen LogP contribution < -0.4 is 4.90 Å². The smallest absolute Gasteiger partial charge is 0.257 e. The summed E-state index contributed by atoms with van der Waals surface area (Å²) >= 11 is 0. The Hall–Kier alpha value is -3.48. The summed E-state index contributed by atoms with van der Waals surface area (Å²) in [6.07, 6.45) is 4.11. The van der Waals surface area contributed by atoms with Crippen LogP contribution in [0.5, 0.6) is 5.75 Å². The summed E-state index contributed by atoms with van der Waals surface area (Å²) in [6, 6.07) is 8.89. The van der Waals surface area contributed by atoms with E-state index in [9.17, 15) is 9.90 Å². The molecule has 29 heavy (non-hydrogen) atoms. The number of hydrogen-bond donors (Lipinski definition) is 1. The van der Waals surface area contributed by atoms with Gasteiger partial charge in [-0.1, -0.05) is 6.07 Å². The highest BCUT2D eigenvalue weighted by Crippen LogP contribution is 2.30. The number of anilines is 1. The lowest BCUT2D eigenvalue weighted by Gasteiger charge is -2.31. The van der Waals surface area contributed by atoms with E-state index in [-0.39, 0.29) is 11.7 Å². The van der Waals surface area contributed by atoms with Gasteiger partial charge in [-0.15, -0.1) is 0 Å². The van der Waals surface area contributed by atoms with Gasteiger partial charge in [-0.3, -0.25) is 9.78 Å². The molecule has 1 amide bonds. The molecule has 3 heterocycles. The molecule has 0 saturated heterocycles. The molecule has 7 heteroatoms. The highest BCUT2D eigenvalue weighted by molar-refractivity contribution is 5.97. The van der Waals surface area contributed by atoms with Crippen molar-refractivity contribution in [1.29, 1.82) is 0 Å². The van der Waals surface area contributed by atoms with Gasteiger partial charge in [0.2, 0.25) is 0 Å². The predicted molar refractivity (Wildman–Crippen MR) is 111 cm³/mol. The lowest BCUT2D eigenvalue weighted by molar-refractivity contribution is 0.0729. The van der Waals surface area contributed by atoms with Crippen molar-refractivity contribution in [3.05, 3.63) is 65.1 Å². The third-order valence-electron chi connectivity index (χ3n) is 5.06. The highest BCUT2D eigenvalue weighted by atomic mass is 16.3. The van der Waals surface area contributed by atoms with Crippen LogP contribution in [0.3, 0.4) is 0 Å². The quantitative estimate of drug-likeness (QED) is 0.742. The zero-order valence-electron chi connectivity index (χ0n) is 16.8. The third-order valence-corrected chi connectivity index (χ3v) is 5.06. The molecule has 0 aliphatic carbocycles. The first-order valence-electron chi connectivity index (χ1n) is 9.50. The zero-order valence-corrected chi connectivity index (χ0v) is 16.8. The number of hydrogen-bond acceptors (Lipinski definition) is 6. The monoisotopic (exact) mass is 389 g/mol. The Morgan fingerprint density at radius 1 is 1.21 bits per heavy atom. The Morgan fingerprint density at radius 3 is 2.72 bits per heavy atom. The van der Waals surface area contributed by atoms with Gasteiger partial charge in [0.25, 0.3) is 5.91 Å². The molecule has 1 N–H and O–H groups in total. The average Bonchev–Trinajstić information content (AvgIpc) is 2.72. The number of pyridine rings is 1. The van der Waals surface area contributed by atoms with Gasteiger partial charge in [0.1, 0.15) is 11.6 Å². The average molecular weight is 389 g/mol. The second kappa shape index (κ2) is 7.50. The minimum atomic E-state index is -0.193. The molecule has 4 rings (SSSR count). The number of fused-ring (bicyclic) bond motifs is 1. The fourth-order valence-electron chi connectivity index (χ4n) is 3.57. The van der Waals surface area contributed by atoms with E-state index < -0.39 is 0 Å². The number of aryl methyl sites for hydroxylation is 1. The minimum absolute atomic E-state index is 0.00788. The Morgan fingerprint density at radius 2 is 2.03 bits per heavy atom. The second-order valence-corrected chi connectivity index (χ2v) is 7.43. The summed E-state index contributed by atoms with van der Waals surface area (Å²) in [7, 11) is 3.91. The van der Waals surface area contributed by atoms with Crippen molar-refractivity contribution >= 4 is 11.7 Å². The van der Waals surface area contributed by atoms with E-state index in [0.717, 1.165) is 28.2 Å². The van der Waals surface area contributed by atoms with E-state index in [1.54, 1.807) is 29.4 Å². The van der Waals surface area contributed by atoms with Crippen molar-refractivity contribution in [3.8, 4) is 17.1 Å². The first kappa shape index (κ1) is 18.9. The molecular formula is C22H23N5O2. The van der Waals surface area contributed by atoms with Crippen molar-refractivity contribution in [2.45, 2.75) is 19.9 Å². The van der Waals surface area contributed by atoms with E-state index in [4.69, 9.17) is 9.97 Å². The first-order valence-corrected chi connectivity index (χ1v) is 9.50. The van der Waals surface area contributed by atoms with Crippen LogP contribution in [0.1, 0.15) is 27.2 Å². The lowest BCUT2D eigenvalue weighted by atomic mass is 10.0. The molecule has 1 aromatic carbocycles. The van der Waals surface area contributed by atoms with Gasteiger partial charge in [0.05, 0.1) is 17.8 Å². The standard InChI is InChI=1S/C22H23N5O2/c1-14-6-7-17(19(28)11-14)22(29)27-10-8-16-18(13-27)24-20(25-21(16)26(2)3)15-5-4-9-23-12-15/h4-7,9,11-12,28H,8,10,13H2,1-3H3. The summed E-state index contributed by atoms with van der Waals surface area (Å²) in [6.45, 7) is 2.80. The molecule has 2 aromatic heterocycles. The summed E-state index contributed by atoms with van der Waals surface area (Å²) < 4.78 is 0. The van der Waals surface area contributed by atoms with E-state index in [2.05, 4.69) is 4.98 Å². The number of aromatic hydroxyl groups is 1. The lowest BCUT2D eigenvalue weighted by Crippen LogP contribution is -2.37. The van der Waals surface area contributed by atoms with Gasteiger partial charge < -0.3 is 14.9 Å². The third kappa shape index (κ3) is 3.63. The van der Waals surface area contributed by atoms with E-state index in [0.29, 0.717) is 30.9 Å². The van der Waals surface area contributed by atoms with Gasteiger partial charge in [-0.05, 0) is 43.2 Å². The number of amides is 1. The van der Waals surface area contributed by atoms with Crippen molar-refractivity contribution in [3.63, 3.8) is 0 Å². The fraction of sp³-hybridized carbons (Fsp3) is 0.273. The molecule has 148 valence electrons. The SMILES string of the molecule is Cc1ccc(C(=O)N2CCc3c(nc(-c4cccnc4)nc3N(C)C)C2)c(O)c1. The maximum Gasteiger partial charge on any atom is 0.257 e. The van der Waals surface area contributed by atoms with Crippen LogP contribution in [-0.4, -0.2) is 51.5 Å². The first-order chi connectivity index (χ1) is 13.9. The van der Waals surface area contributed by atoms with Gasteiger partial charge in [0, 0.05) is 44.2 Å². The molecule has 0 bridgehead atoms. The van der Waals surface area contributed by atoms with E-state index in [1.165, 1.54) is 0 Å². The highest BCUT2D eigenvalue weighted by Gasteiger charge is 2.28. The van der Waals surface area contributed by atoms with Crippen LogP contribution >= 0.6 is 0 Å². The van der Waals surface area contributed by atoms with Crippen molar-refractivity contribution < 1.29 is 9.90 Å². The molecule has 0 unspecified atom stereocenters. The number of aromatic nitrogens is 3. The van der Waals surface area contributed by atoms with Crippen LogP contribution in [0.15, 0.2) is 42.7 Å². The summed E-state index contributed by atoms with van der Waals surface area (Å²) in [4.78, 5) is 30.4. The largest absolute Gasteiger partial charge is 0.507 e. The Kier molecular flexibility index (Phi) is 4.88. The molecule has 7 nitrogen and oxygen atoms in total. The van der Waals surface area contributed by atoms with E-state index >= 15 is 0 Å². The summed E-state index contributed by atoms with van der Waals surface area (Å²) in [5.74, 6) is 1.27. The number of carbonyl (C=O) groups excluding carboxylic acids is 1. The normalized spacial score (nSPS) is 13.1. The predicted octanol–water partition coefficient (Wildman–Crippen LogP) is 2.82. The number of carbonyl (C=O) groups is 1. The summed E-state index contributed by atoms with van der Waals surface area (Å²) in [5, 5.41) is 10.2. The van der Waals surface area contributed by atoms with Gasteiger partial charge in [-0.25, -0.2) is 9.97 Å². The number of benzene rings is 1. The molecule has 0 saturated carbocycles. The van der Waals surface area contributed by atoms with Crippen LogP contribution in [0, 0.1) is 6.92 Å². The Bertz CT molecular complexity index is 1070. The van der Waals surface area contributed by atoms with Crippen molar-refractivity contribution in [1.82, 2.24) is 19.9 Å². The molecule has 0 fully saturated rings. The Labute approximate surface area is 169 Å². The maximum absolute atomic E-state index is 13.0. The van der Waals surface area contributed by atoms with Crippen LogP contribution in [0.25, 0.3) is 11.4 Å². The zero-order chi connectivity index (χ0) is 20.5. The van der Waals surface area contributed by atoms with Crippen molar-refractivity contribution in [2.75, 3.05) is 25.5 Å². The second-order valence-electron chi connectivity index (χ2n) is 7.43.